The highest BCUT2D eigenvalue weighted by Crippen LogP contribution is 2.21. The molecule has 4 aromatic rings. The van der Waals surface area contributed by atoms with Crippen LogP contribution < -0.4 is 5.43 Å². The minimum absolute atomic E-state index is 0.333. The number of aryl methyl sites for hydroxylation is 1. The largest absolute Gasteiger partial charge is 0.342 e. The first-order valence-electron chi connectivity index (χ1n) is 9.08. The molecule has 0 aliphatic heterocycles. The van der Waals surface area contributed by atoms with Gasteiger partial charge in [0.2, 0.25) is 0 Å². The van der Waals surface area contributed by atoms with Crippen molar-refractivity contribution in [3.05, 3.63) is 102 Å². The van der Waals surface area contributed by atoms with Crippen molar-refractivity contribution in [3.8, 4) is 0 Å². The summed E-state index contributed by atoms with van der Waals surface area (Å²) in [5, 5.41) is 5.21. The summed E-state index contributed by atoms with van der Waals surface area (Å²) in [4.78, 5) is 16.1. The molecule has 2 aromatic carbocycles. The molecular formula is C23H20N4O. The molecule has 2 aromatic heterocycles. The van der Waals surface area contributed by atoms with Crippen molar-refractivity contribution in [2.45, 2.75) is 13.5 Å². The summed E-state index contributed by atoms with van der Waals surface area (Å²) < 4.78 is 2.20. The molecule has 4 rings (SSSR count). The average molecular weight is 368 g/mol. The van der Waals surface area contributed by atoms with Gasteiger partial charge in [0.15, 0.2) is 0 Å². The Morgan fingerprint density at radius 3 is 2.79 bits per heavy atom. The van der Waals surface area contributed by atoms with Crippen molar-refractivity contribution in [2.75, 3.05) is 0 Å². The van der Waals surface area contributed by atoms with E-state index in [0.29, 0.717) is 5.69 Å². The first kappa shape index (κ1) is 17.7. The standard InChI is InChI=1S/C23H20N4O/c1-17-7-6-8-18(13-17)15-27-16-19(20-9-2-3-11-22(20)27)14-25-26-23(28)21-10-4-5-12-24-21/h2-14,16H,15H2,1H3,(H,26,28)/b25-14-. The third-order valence-corrected chi connectivity index (χ3v) is 4.52. The lowest BCUT2D eigenvalue weighted by Crippen LogP contribution is -2.18. The lowest BCUT2D eigenvalue weighted by atomic mass is 10.1. The minimum Gasteiger partial charge on any atom is -0.342 e. The van der Waals surface area contributed by atoms with E-state index >= 15 is 0 Å². The summed E-state index contributed by atoms with van der Waals surface area (Å²) in [6.07, 6.45) is 5.32. The monoisotopic (exact) mass is 368 g/mol. The number of hydrogen-bond donors (Lipinski definition) is 1. The zero-order valence-electron chi connectivity index (χ0n) is 15.5. The topological polar surface area (TPSA) is 59.3 Å². The number of hydrazone groups is 1. The lowest BCUT2D eigenvalue weighted by molar-refractivity contribution is 0.0950. The number of pyridine rings is 1. The van der Waals surface area contributed by atoms with Crippen LogP contribution in [-0.4, -0.2) is 21.7 Å². The number of aromatic nitrogens is 2. The Balaban J connectivity index is 1.58. The molecule has 0 radical (unpaired) electrons. The molecule has 0 saturated carbocycles. The molecule has 138 valence electrons. The van der Waals surface area contributed by atoms with Gasteiger partial charge in [0.25, 0.3) is 5.91 Å². The molecule has 0 saturated heterocycles. The third-order valence-electron chi connectivity index (χ3n) is 4.52. The fourth-order valence-electron chi connectivity index (χ4n) is 3.23. The SMILES string of the molecule is Cc1cccc(Cn2cc(/C=N\NC(=O)c3ccccn3)c3ccccc32)c1. The maximum atomic E-state index is 12.1. The van der Waals surface area contributed by atoms with Crippen LogP contribution in [-0.2, 0) is 6.54 Å². The Kier molecular flexibility index (Phi) is 4.97. The van der Waals surface area contributed by atoms with E-state index in [1.54, 1.807) is 30.6 Å². The Hall–Kier alpha value is -3.73. The zero-order valence-corrected chi connectivity index (χ0v) is 15.5. The molecule has 5 nitrogen and oxygen atoms in total. The second-order valence-corrected chi connectivity index (χ2v) is 6.63. The highest BCUT2D eigenvalue weighted by molar-refractivity contribution is 6.00. The Labute approximate surface area is 163 Å². The van der Waals surface area contributed by atoms with Crippen LogP contribution in [0.25, 0.3) is 10.9 Å². The molecule has 1 amide bonds. The van der Waals surface area contributed by atoms with E-state index in [9.17, 15) is 4.79 Å². The van der Waals surface area contributed by atoms with Gasteiger partial charge in [0.1, 0.15) is 5.69 Å². The predicted molar refractivity (Wildman–Crippen MR) is 112 cm³/mol. The number of para-hydroxylation sites is 1. The van der Waals surface area contributed by atoms with Crippen LogP contribution in [0.3, 0.4) is 0 Å². The van der Waals surface area contributed by atoms with Crippen LogP contribution in [0.2, 0.25) is 0 Å². The Morgan fingerprint density at radius 2 is 1.96 bits per heavy atom. The number of carbonyl (C=O) groups excluding carboxylic acids is 1. The first-order chi connectivity index (χ1) is 13.7. The molecule has 1 N–H and O–H groups in total. The maximum absolute atomic E-state index is 12.1. The van der Waals surface area contributed by atoms with Crippen LogP contribution in [0.5, 0.6) is 0 Å². The van der Waals surface area contributed by atoms with Gasteiger partial charge in [-0.3, -0.25) is 9.78 Å². The second-order valence-electron chi connectivity index (χ2n) is 6.63. The van der Waals surface area contributed by atoms with E-state index in [4.69, 9.17) is 0 Å². The van der Waals surface area contributed by atoms with Crippen molar-refractivity contribution in [1.29, 1.82) is 0 Å². The summed E-state index contributed by atoms with van der Waals surface area (Å²) >= 11 is 0. The van der Waals surface area contributed by atoms with E-state index in [1.807, 2.05) is 12.1 Å². The lowest BCUT2D eigenvalue weighted by Gasteiger charge is -2.06. The average Bonchev–Trinajstić information content (AvgIpc) is 3.06. The number of nitrogens with one attached hydrogen (secondary N) is 1. The second kappa shape index (κ2) is 7.88. The van der Waals surface area contributed by atoms with Gasteiger partial charge in [-0.2, -0.15) is 5.10 Å². The summed E-state index contributed by atoms with van der Waals surface area (Å²) in [5.74, 6) is -0.333. The van der Waals surface area contributed by atoms with Crippen LogP contribution in [0.15, 0.2) is 84.2 Å². The number of benzene rings is 2. The van der Waals surface area contributed by atoms with E-state index < -0.39 is 0 Å². The molecule has 0 spiro atoms. The van der Waals surface area contributed by atoms with E-state index in [0.717, 1.165) is 23.0 Å². The van der Waals surface area contributed by atoms with Crippen molar-refractivity contribution in [3.63, 3.8) is 0 Å². The summed E-state index contributed by atoms with van der Waals surface area (Å²) in [6.45, 7) is 2.87. The number of hydrogen-bond acceptors (Lipinski definition) is 3. The van der Waals surface area contributed by atoms with Gasteiger partial charge < -0.3 is 4.57 Å². The Morgan fingerprint density at radius 1 is 1.11 bits per heavy atom. The van der Waals surface area contributed by atoms with Crippen molar-refractivity contribution in [1.82, 2.24) is 15.0 Å². The molecular weight excluding hydrogens is 348 g/mol. The smallest absolute Gasteiger partial charge is 0.289 e. The van der Waals surface area contributed by atoms with Gasteiger partial charge in [0, 0.05) is 35.4 Å². The maximum Gasteiger partial charge on any atom is 0.289 e. The fraction of sp³-hybridized carbons (Fsp3) is 0.0870. The molecule has 28 heavy (non-hydrogen) atoms. The number of rotatable bonds is 5. The number of amides is 1. The predicted octanol–water partition coefficient (Wildman–Crippen LogP) is 4.16. The number of carbonyl (C=O) groups is 1. The summed E-state index contributed by atoms with van der Waals surface area (Å²) in [6, 6.07) is 21.9. The number of nitrogens with zero attached hydrogens (tertiary/aromatic N) is 3. The minimum atomic E-state index is -0.333. The molecule has 0 fully saturated rings. The molecule has 0 aliphatic carbocycles. The van der Waals surface area contributed by atoms with E-state index in [2.05, 4.69) is 69.6 Å². The first-order valence-corrected chi connectivity index (χ1v) is 9.08. The van der Waals surface area contributed by atoms with E-state index in [1.165, 1.54) is 11.1 Å². The van der Waals surface area contributed by atoms with Crippen LogP contribution in [0, 0.1) is 6.92 Å². The van der Waals surface area contributed by atoms with Crippen molar-refractivity contribution >= 4 is 23.0 Å². The van der Waals surface area contributed by atoms with Crippen LogP contribution >= 0.6 is 0 Å². The quantitative estimate of drug-likeness (QED) is 0.425. The van der Waals surface area contributed by atoms with Gasteiger partial charge in [-0.05, 0) is 30.7 Å². The molecule has 0 bridgehead atoms. The normalized spacial score (nSPS) is 11.2. The van der Waals surface area contributed by atoms with Gasteiger partial charge in [-0.25, -0.2) is 5.43 Å². The van der Waals surface area contributed by atoms with Gasteiger partial charge in [0.05, 0.1) is 6.21 Å². The molecule has 2 heterocycles. The molecule has 0 atom stereocenters. The molecule has 5 heteroatoms. The Bertz CT molecular complexity index is 1150. The molecule has 0 aliphatic rings. The van der Waals surface area contributed by atoms with E-state index in [-0.39, 0.29) is 5.91 Å². The molecule has 0 unspecified atom stereocenters. The fourth-order valence-corrected chi connectivity index (χ4v) is 3.23. The highest BCUT2D eigenvalue weighted by atomic mass is 16.2. The summed E-state index contributed by atoms with van der Waals surface area (Å²) in [5.41, 5.74) is 7.43. The van der Waals surface area contributed by atoms with Crippen molar-refractivity contribution < 1.29 is 4.79 Å². The van der Waals surface area contributed by atoms with Crippen molar-refractivity contribution in [2.24, 2.45) is 5.10 Å². The summed E-state index contributed by atoms with van der Waals surface area (Å²) in [7, 11) is 0. The van der Waals surface area contributed by atoms with Crippen LogP contribution in [0.1, 0.15) is 27.2 Å². The zero-order chi connectivity index (χ0) is 19.3. The highest BCUT2D eigenvalue weighted by Gasteiger charge is 2.08. The van der Waals surface area contributed by atoms with Gasteiger partial charge in [-0.15, -0.1) is 0 Å². The van der Waals surface area contributed by atoms with Gasteiger partial charge in [-0.1, -0.05) is 54.1 Å². The van der Waals surface area contributed by atoms with Gasteiger partial charge >= 0.3 is 0 Å². The number of fused-ring (bicyclic) bond motifs is 1. The third kappa shape index (κ3) is 3.83. The van der Waals surface area contributed by atoms with Crippen LogP contribution in [0.4, 0.5) is 0 Å².